The van der Waals surface area contributed by atoms with Crippen molar-refractivity contribution >= 4 is 41.3 Å². The molecule has 0 aliphatic heterocycles. The highest BCUT2D eigenvalue weighted by Gasteiger charge is 2.15. The number of hydrogen-bond acceptors (Lipinski definition) is 6. The Morgan fingerprint density at radius 2 is 1.67 bits per heavy atom. The SMILES string of the molecule is Cc1ccc(C)n1-c1ccc(OCc2ccc(C(=O)N/N=C/c3cc(Cl)ccc3OC(=O)c3ccccc3Cl)o2)cc1. The van der Waals surface area contributed by atoms with Crippen molar-refractivity contribution in [2.45, 2.75) is 20.5 Å². The maximum absolute atomic E-state index is 12.6. The molecule has 0 unspecified atom stereocenters. The highest BCUT2D eigenvalue weighted by atomic mass is 35.5. The minimum Gasteiger partial charge on any atom is -0.486 e. The monoisotopic (exact) mass is 601 g/mol. The third-order valence-corrected chi connectivity index (χ3v) is 6.84. The fraction of sp³-hybridized carbons (Fsp3) is 0.0938. The average molecular weight is 602 g/mol. The summed E-state index contributed by atoms with van der Waals surface area (Å²) in [5, 5.41) is 4.62. The Kier molecular flexibility index (Phi) is 8.76. The average Bonchev–Trinajstić information content (AvgIpc) is 3.59. The molecule has 2 heterocycles. The summed E-state index contributed by atoms with van der Waals surface area (Å²) in [6.45, 7) is 4.25. The van der Waals surface area contributed by atoms with Crippen LogP contribution in [0.1, 0.15) is 43.6 Å². The number of nitrogens with zero attached hydrogens (tertiary/aromatic N) is 2. The van der Waals surface area contributed by atoms with Gasteiger partial charge in [-0.15, -0.1) is 0 Å². The molecule has 0 saturated heterocycles. The van der Waals surface area contributed by atoms with E-state index in [1.54, 1.807) is 42.5 Å². The van der Waals surface area contributed by atoms with E-state index < -0.39 is 11.9 Å². The third-order valence-electron chi connectivity index (χ3n) is 6.27. The molecule has 3 aromatic carbocycles. The molecule has 0 spiro atoms. The van der Waals surface area contributed by atoms with Crippen LogP contribution in [0, 0.1) is 13.8 Å². The van der Waals surface area contributed by atoms with Crippen molar-refractivity contribution in [3.8, 4) is 17.2 Å². The lowest BCUT2D eigenvalue weighted by atomic mass is 10.2. The zero-order valence-electron chi connectivity index (χ0n) is 22.6. The van der Waals surface area contributed by atoms with E-state index in [4.69, 9.17) is 37.1 Å². The van der Waals surface area contributed by atoms with Crippen LogP contribution >= 0.6 is 23.2 Å². The Morgan fingerprint density at radius 3 is 2.40 bits per heavy atom. The van der Waals surface area contributed by atoms with E-state index in [2.05, 4.69) is 41.1 Å². The van der Waals surface area contributed by atoms with Crippen LogP contribution in [0.3, 0.4) is 0 Å². The molecular weight excluding hydrogens is 577 g/mol. The van der Waals surface area contributed by atoms with Crippen LogP contribution in [0.5, 0.6) is 11.5 Å². The molecule has 0 atom stereocenters. The van der Waals surface area contributed by atoms with Crippen molar-refractivity contribution in [1.29, 1.82) is 0 Å². The molecule has 0 aliphatic rings. The van der Waals surface area contributed by atoms with Crippen molar-refractivity contribution in [2.24, 2.45) is 5.10 Å². The largest absolute Gasteiger partial charge is 0.486 e. The molecule has 0 saturated carbocycles. The summed E-state index contributed by atoms with van der Waals surface area (Å²) in [5.41, 5.74) is 6.31. The Balaban J connectivity index is 1.18. The van der Waals surface area contributed by atoms with Crippen molar-refractivity contribution < 1.29 is 23.5 Å². The first-order valence-corrected chi connectivity index (χ1v) is 13.6. The number of carbonyl (C=O) groups excluding carboxylic acids is 2. The smallest absolute Gasteiger partial charge is 0.345 e. The molecule has 10 heteroatoms. The third kappa shape index (κ3) is 6.74. The molecule has 212 valence electrons. The topological polar surface area (TPSA) is 95.1 Å². The molecule has 0 bridgehead atoms. The van der Waals surface area contributed by atoms with E-state index in [0.29, 0.717) is 22.1 Å². The van der Waals surface area contributed by atoms with E-state index in [1.165, 1.54) is 18.3 Å². The summed E-state index contributed by atoms with van der Waals surface area (Å²) in [6, 6.07) is 26.2. The summed E-state index contributed by atoms with van der Waals surface area (Å²) in [4.78, 5) is 25.2. The minimum atomic E-state index is -0.644. The van der Waals surface area contributed by atoms with E-state index >= 15 is 0 Å². The predicted octanol–water partition coefficient (Wildman–Crippen LogP) is 7.56. The summed E-state index contributed by atoms with van der Waals surface area (Å²) in [5.74, 6) is 0.155. The van der Waals surface area contributed by atoms with Gasteiger partial charge >= 0.3 is 11.9 Å². The molecule has 5 aromatic rings. The number of amides is 1. The standard InChI is InChI=1S/C32H25Cl2N3O5/c1-20-7-8-21(2)37(20)24-10-12-25(13-11-24)40-19-26-14-16-30(41-26)31(38)36-35-18-22-17-23(33)9-15-29(22)42-32(39)27-5-3-4-6-28(27)34/h3-18H,19H2,1-2H3,(H,36,38)/b35-18+. The van der Waals surface area contributed by atoms with Crippen LogP contribution in [-0.4, -0.2) is 22.7 Å². The summed E-state index contributed by atoms with van der Waals surface area (Å²) < 4.78 is 19.1. The second-order valence-electron chi connectivity index (χ2n) is 9.25. The van der Waals surface area contributed by atoms with E-state index in [0.717, 1.165) is 17.1 Å². The zero-order chi connectivity index (χ0) is 29.6. The lowest BCUT2D eigenvalue weighted by molar-refractivity contribution is 0.0734. The second kappa shape index (κ2) is 12.8. The molecule has 2 aromatic heterocycles. The molecule has 0 radical (unpaired) electrons. The van der Waals surface area contributed by atoms with Crippen LogP contribution in [-0.2, 0) is 6.61 Å². The number of hydrogen-bond donors (Lipinski definition) is 1. The second-order valence-corrected chi connectivity index (χ2v) is 10.1. The number of halogens is 2. The van der Waals surface area contributed by atoms with Crippen LogP contribution in [0.25, 0.3) is 5.69 Å². The Hall–Kier alpha value is -4.79. The number of ether oxygens (including phenoxy) is 2. The Bertz CT molecular complexity index is 1750. The maximum Gasteiger partial charge on any atom is 0.345 e. The number of benzene rings is 3. The van der Waals surface area contributed by atoms with Gasteiger partial charge in [-0.3, -0.25) is 4.79 Å². The van der Waals surface area contributed by atoms with E-state index in [1.807, 2.05) is 24.3 Å². The molecule has 8 nitrogen and oxygen atoms in total. The number of aryl methyl sites for hydroxylation is 2. The van der Waals surface area contributed by atoms with Gasteiger partial charge in [-0.1, -0.05) is 35.3 Å². The first-order valence-electron chi connectivity index (χ1n) is 12.8. The summed E-state index contributed by atoms with van der Waals surface area (Å²) in [7, 11) is 0. The number of furan rings is 1. The highest BCUT2D eigenvalue weighted by Crippen LogP contribution is 2.25. The van der Waals surface area contributed by atoms with Crippen LogP contribution < -0.4 is 14.9 Å². The lowest BCUT2D eigenvalue weighted by Gasteiger charge is -2.10. The van der Waals surface area contributed by atoms with Gasteiger partial charge in [0, 0.05) is 27.7 Å². The molecular formula is C32H25Cl2N3O5. The quantitative estimate of drug-likeness (QED) is 0.0814. The first kappa shape index (κ1) is 28.7. The molecule has 1 amide bonds. The van der Waals surface area contributed by atoms with Crippen molar-refractivity contribution in [1.82, 2.24) is 9.99 Å². The molecule has 0 fully saturated rings. The van der Waals surface area contributed by atoms with Gasteiger partial charge in [0.25, 0.3) is 0 Å². The van der Waals surface area contributed by atoms with Crippen LogP contribution in [0.2, 0.25) is 10.0 Å². The fourth-order valence-corrected chi connectivity index (χ4v) is 4.60. The van der Waals surface area contributed by atoms with Gasteiger partial charge < -0.3 is 18.5 Å². The van der Waals surface area contributed by atoms with Gasteiger partial charge in [-0.05, 0) is 92.7 Å². The number of aromatic nitrogens is 1. The summed E-state index contributed by atoms with van der Waals surface area (Å²) in [6.07, 6.45) is 1.31. The molecule has 1 N–H and O–H groups in total. The van der Waals surface area contributed by atoms with E-state index in [-0.39, 0.29) is 28.7 Å². The van der Waals surface area contributed by atoms with Gasteiger partial charge in [-0.25, -0.2) is 10.2 Å². The Morgan fingerprint density at radius 1 is 0.929 bits per heavy atom. The number of carbonyl (C=O) groups is 2. The number of nitrogens with one attached hydrogen (secondary N) is 1. The number of rotatable bonds is 9. The maximum atomic E-state index is 12.6. The van der Waals surface area contributed by atoms with Crippen molar-refractivity contribution in [2.75, 3.05) is 0 Å². The molecule has 0 aliphatic carbocycles. The number of hydrazone groups is 1. The normalized spacial score (nSPS) is 11.0. The summed E-state index contributed by atoms with van der Waals surface area (Å²) >= 11 is 12.2. The molecule has 5 rings (SSSR count). The minimum absolute atomic E-state index is 0.0520. The first-order chi connectivity index (χ1) is 20.3. The van der Waals surface area contributed by atoms with E-state index in [9.17, 15) is 9.59 Å². The van der Waals surface area contributed by atoms with Crippen molar-refractivity contribution in [3.05, 3.63) is 135 Å². The van der Waals surface area contributed by atoms with Gasteiger partial charge in [0.15, 0.2) is 5.76 Å². The van der Waals surface area contributed by atoms with Crippen molar-refractivity contribution in [3.63, 3.8) is 0 Å². The van der Waals surface area contributed by atoms with Gasteiger partial charge in [0.1, 0.15) is 23.9 Å². The van der Waals surface area contributed by atoms with Crippen LogP contribution in [0.15, 0.2) is 101 Å². The van der Waals surface area contributed by atoms with Gasteiger partial charge in [-0.2, -0.15) is 5.10 Å². The molecule has 42 heavy (non-hydrogen) atoms. The highest BCUT2D eigenvalue weighted by molar-refractivity contribution is 6.33. The lowest BCUT2D eigenvalue weighted by Crippen LogP contribution is -2.17. The Labute approximate surface area is 252 Å². The number of esters is 1. The van der Waals surface area contributed by atoms with Crippen LogP contribution in [0.4, 0.5) is 0 Å². The fourth-order valence-electron chi connectivity index (χ4n) is 4.21. The predicted molar refractivity (Wildman–Crippen MR) is 161 cm³/mol. The zero-order valence-corrected chi connectivity index (χ0v) is 24.1. The van der Waals surface area contributed by atoms with Gasteiger partial charge in [0.05, 0.1) is 16.8 Å². The van der Waals surface area contributed by atoms with Gasteiger partial charge in [0.2, 0.25) is 0 Å².